The number of ether oxygens (including phenoxy) is 1. The standard InChI is InChI=1S/C35H29ClN2O6S2/c36-28-13-15-29(16-14-28)46(42,43)19-5-7-25-11-17-31(44-23-34(39)40)30(21-25)38-35(41)27-10-4-6-24(20-27)12-18-33-37-22-32(45-33)26-8-2-1-3-9-26/h1-4,6,8-18,20-22H,5,7,19,23H2,(H,38,41)(H,39,40). The second kappa shape index (κ2) is 15.0. The SMILES string of the molecule is O=C(O)COc1ccc(CCCS(=O)(=O)c2ccc(Cl)cc2)cc1NC(=O)c1cccc(C=Cc2ncc(-c3ccccc3)s2)c1. The molecule has 0 saturated carbocycles. The number of nitrogens with one attached hydrogen (secondary N) is 1. The summed E-state index contributed by atoms with van der Waals surface area (Å²) in [6.45, 7) is -0.593. The highest BCUT2D eigenvalue weighted by Gasteiger charge is 2.16. The Hall–Kier alpha value is -4.77. The summed E-state index contributed by atoms with van der Waals surface area (Å²) < 4.78 is 30.9. The van der Waals surface area contributed by atoms with Crippen LogP contribution in [0.15, 0.2) is 108 Å². The fraction of sp³-hybridized carbons (Fsp3) is 0.114. The minimum absolute atomic E-state index is 0.0809. The van der Waals surface area contributed by atoms with Crippen molar-refractivity contribution in [2.45, 2.75) is 17.7 Å². The number of aromatic nitrogens is 1. The molecular formula is C35H29ClN2O6S2. The Morgan fingerprint density at radius 3 is 2.48 bits per heavy atom. The molecule has 5 rings (SSSR count). The summed E-state index contributed by atoms with van der Waals surface area (Å²) in [4.78, 5) is 30.2. The molecule has 5 aromatic rings. The number of carboxylic acid groups (broad SMARTS) is 1. The summed E-state index contributed by atoms with van der Waals surface area (Å²) in [7, 11) is -3.50. The lowest BCUT2D eigenvalue weighted by molar-refractivity contribution is -0.139. The molecule has 0 fully saturated rings. The van der Waals surface area contributed by atoms with Crippen LogP contribution in [-0.2, 0) is 21.1 Å². The number of hydrogen-bond acceptors (Lipinski definition) is 7. The second-order valence-corrected chi connectivity index (χ2v) is 13.8. The fourth-order valence-electron chi connectivity index (χ4n) is 4.57. The van der Waals surface area contributed by atoms with Gasteiger partial charge >= 0.3 is 5.97 Å². The number of sulfone groups is 1. The first kappa shape index (κ1) is 32.6. The van der Waals surface area contributed by atoms with E-state index in [1.54, 1.807) is 47.7 Å². The number of anilines is 1. The third-order valence-electron chi connectivity index (χ3n) is 6.84. The van der Waals surface area contributed by atoms with Gasteiger partial charge in [-0.05, 0) is 84.1 Å². The molecular weight excluding hydrogens is 644 g/mol. The third-order valence-corrected chi connectivity index (χ3v) is 9.92. The van der Waals surface area contributed by atoms with Crippen LogP contribution in [-0.4, -0.2) is 42.7 Å². The van der Waals surface area contributed by atoms with E-state index in [4.69, 9.17) is 21.4 Å². The molecule has 11 heteroatoms. The quantitative estimate of drug-likeness (QED) is 0.131. The monoisotopic (exact) mass is 672 g/mol. The van der Waals surface area contributed by atoms with E-state index in [0.29, 0.717) is 23.4 Å². The zero-order valence-corrected chi connectivity index (χ0v) is 26.8. The van der Waals surface area contributed by atoms with E-state index < -0.39 is 28.3 Å². The number of halogens is 1. The highest BCUT2D eigenvalue weighted by Crippen LogP contribution is 2.29. The van der Waals surface area contributed by atoms with Gasteiger partial charge in [-0.3, -0.25) is 4.79 Å². The normalized spacial score (nSPS) is 11.4. The van der Waals surface area contributed by atoms with E-state index in [-0.39, 0.29) is 22.1 Å². The largest absolute Gasteiger partial charge is 0.480 e. The van der Waals surface area contributed by atoms with E-state index >= 15 is 0 Å². The van der Waals surface area contributed by atoms with Crippen molar-refractivity contribution < 1.29 is 27.9 Å². The maximum atomic E-state index is 13.3. The summed E-state index contributed by atoms with van der Waals surface area (Å²) in [5.41, 5.74) is 3.30. The van der Waals surface area contributed by atoms with Crippen LogP contribution in [0.3, 0.4) is 0 Å². The lowest BCUT2D eigenvalue weighted by Crippen LogP contribution is -2.15. The van der Waals surface area contributed by atoms with Crippen molar-refractivity contribution >= 4 is 62.5 Å². The van der Waals surface area contributed by atoms with Gasteiger partial charge in [0.25, 0.3) is 5.91 Å². The van der Waals surface area contributed by atoms with Gasteiger partial charge in [-0.25, -0.2) is 18.2 Å². The number of carbonyl (C=O) groups is 2. The molecule has 2 N–H and O–H groups in total. The summed E-state index contributed by atoms with van der Waals surface area (Å²) in [5.74, 6) is -1.48. The van der Waals surface area contributed by atoms with Crippen LogP contribution in [0, 0.1) is 0 Å². The molecule has 0 bridgehead atoms. The van der Waals surface area contributed by atoms with E-state index in [1.165, 1.54) is 24.3 Å². The Balaban J connectivity index is 1.27. The van der Waals surface area contributed by atoms with E-state index in [0.717, 1.165) is 26.6 Å². The van der Waals surface area contributed by atoms with Crippen molar-refractivity contribution in [1.82, 2.24) is 4.98 Å². The molecule has 0 radical (unpaired) electrons. The van der Waals surface area contributed by atoms with Gasteiger partial charge in [-0.2, -0.15) is 0 Å². The molecule has 8 nitrogen and oxygen atoms in total. The number of hydrogen-bond donors (Lipinski definition) is 2. The molecule has 46 heavy (non-hydrogen) atoms. The first-order valence-corrected chi connectivity index (χ1v) is 17.1. The molecule has 1 amide bonds. The van der Waals surface area contributed by atoms with Crippen LogP contribution >= 0.6 is 22.9 Å². The van der Waals surface area contributed by atoms with Gasteiger partial charge in [0.2, 0.25) is 0 Å². The maximum absolute atomic E-state index is 13.3. The average molecular weight is 673 g/mol. The molecule has 0 spiro atoms. The Labute approximate surface area is 275 Å². The van der Waals surface area contributed by atoms with E-state index in [1.807, 2.05) is 54.7 Å². The van der Waals surface area contributed by atoms with Crippen molar-refractivity contribution in [2.24, 2.45) is 0 Å². The summed E-state index contributed by atoms with van der Waals surface area (Å²) in [5, 5.41) is 13.2. The van der Waals surface area contributed by atoms with Gasteiger partial charge in [0.05, 0.1) is 21.2 Å². The van der Waals surface area contributed by atoms with Crippen LogP contribution in [0.2, 0.25) is 5.02 Å². The van der Waals surface area contributed by atoms with Crippen molar-refractivity contribution in [1.29, 1.82) is 0 Å². The average Bonchev–Trinajstić information content (AvgIpc) is 3.53. The molecule has 234 valence electrons. The summed E-state index contributed by atoms with van der Waals surface area (Å²) in [6, 6.07) is 28.0. The molecule has 0 aliphatic heterocycles. The first-order chi connectivity index (χ1) is 22.2. The van der Waals surface area contributed by atoms with Crippen molar-refractivity contribution in [3.05, 3.63) is 130 Å². The minimum atomic E-state index is -3.50. The molecule has 0 unspecified atom stereocenters. The second-order valence-electron chi connectivity index (χ2n) is 10.2. The van der Waals surface area contributed by atoms with E-state index in [9.17, 15) is 18.0 Å². The third kappa shape index (κ3) is 8.91. The van der Waals surface area contributed by atoms with Gasteiger partial charge in [-0.15, -0.1) is 11.3 Å². The number of aryl methyl sites for hydroxylation is 1. The highest BCUT2D eigenvalue weighted by molar-refractivity contribution is 7.91. The Kier molecular flexibility index (Phi) is 10.6. The van der Waals surface area contributed by atoms with Crippen LogP contribution in [0.5, 0.6) is 5.75 Å². The van der Waals surface area contributed by atoms with Crippen LogP contribution in [0.1, 0.15) is 32.9 Å². The predicted molar refractivity (Wildman–Crippen MR) is 182 cm³/mol. The van der Waals surface area contributed by atoms with Gasteiger partial charge in [0, 0.05) is 16.8 Å². The highest BCUT2D eigenvalue weighted by atomic mass is 35.5. The topological polar surface area (TPSA) is 123 Å². The maximum Gasteiger partial charge on any atom is 0.341 e. The van der Waals surface area contributed by atoms with E-state index in [2.05, 4.69) is 10.3 Å². The van der Waals surface area contributed by atoms with Gasteiger partial charge in [-0.1, -0.05) is 66.2 Å². The lowest BCUT2D eigenvalue weighted by Gasteiger charge is -2.14. The summed E-state index contributed by atoms with van der Waals surface area (Å²) >= 11 is 7.44. The molecule has 0 aliphatic carbocycles. The number of carbonyl (C=O) groups excluding carboxylic acids is 1. The number of nitrogens with zero attached hydrogens (tertiary/aromatic N) is 1. The minimum Gasteiger partial charge on any atom is -0.480 e. The number of aliphatic carboxylic acids is 1. The van der Waals surface area contributed by atoms with Gasteiger partial charge in [0.1, 0.15) is 10.8 Å². The molecule has 0 atom stereocenters. The Morgan fingerprint density at radius 1 is 0.935 bits per heavy atom. The number of amides is 1. The smallest absolute Gasteiger partial charge is 0.341 e. The molecule has 0 saturated heterocycles. The molecule has 0 aliphatic rings. The molecule has 4 aromatic carbocycles. The van der Waals surface area contributed by atoms with Crippen LogP contribution < -0.4 is 10.1 Å². The first-order valence-electron chi connectivity index (χ1n) is 14.2. The van der Waals surface area contributed by atoms with Gasteiger partial charge in [0.15, 0.2) is 16.4 Å². The lowest BCUT2D eigenvalue weighted by atomic mass is 10.1. The number of thiazole rings is 1. The molecule has 1 heterocycles. The van der Waals surface area contributed by atoms with Crippen LogP contribution in [0.25, 0.3) is 22.6 Å². The number of benzene rings is 4. The molecule has 1 aromatic heterocycles. The van der Waals surface area contributed by atoms with Gasteiger partial charge < -0.3 is 15.2 Å². The Bertz CT molecular complexity index is 1970. The zero-order chi connectivity index (χ0) is 32.5. The zero-order valence-electron chi connectivity index (χ0n) is 24.4. The van der Waals surface area contributed by atoms with Crippen LogP contribution in [0.4, 0.5) is 5.69 Å². The number of carboxylic acids is 1. The summed E-state index contributed by atoms with van der Waals surface area (Å²) in [6.07, 6.45) is 6.33. The van der Waals surface area contributed by atoms with Crippen molar-refractivity contribution in [2.75, 3.05) is 17.7 Å². The van der Waals surface area contributed by atoms with Crippen molar-refractivity contribution in [3.63, 3.8) is 0 Å². The Morgan fingerprint density at radius 2 is 1.72 bits per heavy atom. The number of rotatable bonds is 13. The van der Waals surface area contributed by atoms with Crippen molar-refractivity contribution in [3.8, 4) is 16.2 Å². The fourth-order valence-corrected chi connectivity index (χ4v) is 6.83. The predicted octanol–water partition coefficient (Wildman–Crippen LogP) is 7.76.